The van der Waals surface area contributed by atoms with Gasteiger partial charge >= 0.3 is 12.1 Å². The normalized spacial score (nSPS) is 27.4. The molecule has 1 aliphatic carbocycles. The number of carboxylic acids is 1. The molecule has 2 fully saturated rings. The quantitative estimate of drug-likeness (QED) is 0.743. The van der Waals surface area contributed by atoms with Crippen molar-refractivity contribution in [2.45, 2.75) is 51.2 Å². The van der Waals surface area contributed by atoms with Gasteiger partial charge in [0, 0.05) is 35.5 Å². The molecule has 0 spiro atoms. The molecule has 8 heteroatoms. The van der Waals surface area contributed by atoms with Gasteiger partial charge < -0.3 is 19.5 Å². The number of rotatable bonds is 4. The predicted octanol–water partition coefficient (Wildman–Crippen LogP) is 3.81. The first-order valence-corrected chi connectivity index (χ1v) is 10.3. The molecule has 2 heterocycles. The first-order chi connectivity index (χ1) is 13.1. The van der Waals surface area contributed by atoms with Gasteiger partial charge in [0.1, 0.15) is 12.2 Å². The minimum atomic E-state index is -0.992. The highest BCUT2D eigenvalue weighted by Crippen LogP contribution is 2.49. The Balaban J connectivity index is 1.80. The maximum atomic E-state index is 12.5. The minimum absolute atomic E-state index is 0.232. The summed E-state index contributed by atoms with van der Waals surface area (Å²) in [4.78, 5) is 29.6. The van der Waals surface area contributed by atoms with Crippen molar-refractivity contribution in [3.8, 4) is 0 Å². The highest BCUT2D eigenvalue weighted by Gasteiger charge is 2.48. The standard InChI is InChI=1S/C20H27BrN2O5/c1-19(2,3)28-18(26)23-10-13-4-6-20(8-14(13)11-23,27-12-17(24)25)15-5-7-22-9-16(15)21/h5,7,9,13-14H,4,6,8,10-12H2,1-3H3,(H,24,25). The summed E-state index contributed by atoms with van der Waals surface area (Å²) in [7, 11) is 0. The molecule has 1 N–H and O–H groups in total. The Labute approximate surface area is 173 Å². The monoisotopic (exact) mass is 454 g/mol. The molecule has 1 saturated carbocycles. The summed E-state index contributed by atoms with van der Waals surface area (Å²) >= 11 is 3.54. The van der Waals surface area contributed by atoms with E-state index < -0.39 is 17.2 Å². The van der Waals surface area contributed by atoms with Crippen LogP contribution in [0.3, 0.4) is 0 Å². The number of aromatic nitrogens is 1. The Morgan fingerprint density at radius 2 is 2.07 bits per heavy atom. The zero-order chi connectivity index (χ0) is 20.5. The lowest BCUT2D eigenvalue weighted by Gasteiger charge is -2.42. The van der Waals surface area contributed by atoms with Crippen molar-refractivity contribution in [1.82, 2.24) is 9.88 Å². The number of hydrogen-bond donors (Lipinski definition) is 1. The number of carboxylic acid groups (broad SMARTS) is 1. The second-order valence-electron chi connectivity index (χ2n) is 8.68. The van der Waals surface area contributed by atoms with Gasteiger partial charge in [-0.15, -0.1) is 0 Å². The van der Waals surface area contributed by atoms with Crippen LogP contribution in [0.4, 0.5) is 4.79 Å². The topological polar surface area (TPSA) is 89.0 Å². The van der Waals surface area contributed by atoms with E-state index >= 15 is 0 Å². The molecule has 154 valence electrons. The van der Waals surface area contributed by atoms with Gasteiger partial charge in [0.25, 0.3) is 0 Å². The zero-order valence-corrected chi connectivity index (χ0v) is 18.1. The molecular formula is C20H27BrN2O5. The fraction of sp³-hybridized carbons (Fsp3) is 0.650. The molecule has 2 aliphatic rings. The van der Waals surface area contributed by atoms with Crippen LogP contribution in [0.5, 0.6) is 0 Å². The molecule has 1 saturated heterocycles. The van der Waals surface area contributed by atoms with Crippen LogP contribution in [-0.4, -0.2) is 52.4 Å². The van der Waals surface area contributed by atoms with Crippen molar-refractivity contribution < 1.29 is 24.2 Å². The lowest BCUT2D eigenvalue weighted by Crippen LogP contribution is -2.40. The van der Waals surface area contributed by atoms with Gasteiger partial charge in [-0.25, -0.2) is 9.59 Å². The summed E-state index contributed by atoms with van der Waals surface area (Å²) in [5.74, 6) is -0.390. The molecule has 28 heavy (non-hydrogen) atoms. The van der Waals surface area contributed by atoms with Gasteiger partial charge in [-0.3, -0.25) is 4.98 Å². The third-order valence-electron chi connectivity index (χ3n) is 5.47. The molecule has 1 aromatic heterocycles. The molecular weight excluding hydrogens is 428 g/mol. The largest absolute Gasteiger partial charge is 0.480 e. The van der Waals surface area contributed by atoms with E-state index in [1.807, 2.05) is 26.8 Å². The Bertz CT molecular complexity index is 750. The number of fused-ring (bicyclic) bond motifs is 1. The number of aliphatic carboxylic acids is 1. The average Bonchev–Trinajstić information content (AvgIpc) is 3.02. The first-order valence-electron chi connectivity index (χ1n) is 9.53. The van der Waals surface area contributed by atoms with Gasteiger partial charge in [0.2, 0.25) is 0 Å². The van der Waals surface area contributed by atoms with E-state index in [1.54, 1.807) is 17.3 Å². The lowest BCUT2D eigenvalue weighted by atomic mass is 9.70. The van der Waals surface area contributed by atoms with Gasteiger partial charge in [-0.05, 0) is 73.9 Å². The number of nitrogens with zero attached hydrogens (tertiary/aromatic N) is 2. The third-order valence-corrected chi connectivity index (χ3v) is 6.11. The van der Waals surface area contributed by atoms with Crippen LogP contribution < -0.4 is 0 Å². The van der Waals surface area contributed by atoms with Crippen molar-refractivity contribution in [2.24, 2.45) is 11.8 Å². The van der Waals surface area contributed by atoms with Crippen LogP contribution in [0.25, 0.3) is 0 Å². The fourth-order valence-corrected chi connectivity index (χ4v) is 4.93. The van der Waals surface area contributed by atoms with Crippen molar-refractivity contribution >= 4 is 28.0 Å². The number of hydrogen-bond acceptors (Lipinski definition) is 5. The molecule has 0 bridgehead atoms. The maximum absolute atomic E-state index is 12.5. The predicted molar refractivity (Wildman–Crippen MR) is 106 cm³/mol. The van der Waals surface area contributed by atoms with Crippen molar-refractivity contribution in [3.63, 3.8) is 0 Å². The third kappa shape index (κ3) is 4.66. The van der Waals surface area contributed by atoms with Crippen LogP contribution in [0, 0.1) is 11.8 Å². The Hall–Kier alpha value is -1.67. The average molecular weight is 455 g/mol. The molecule has 7 nitrogen and oxygen atoms in total. The van der Waals surface area contributed by atoms with E-state index in [0.717, 1.165) is 16.5 Å². The molecule has 3 unspecified atom stereocenters. The van der Waals surface area contributed by atoms with Crippen molar-refractivity contribution in [3.05, 3.63) is 28.5 Å². The van der Waals surface area contributed by atoms with Crippen LogP contribution in [0.15, 0.2) is 22.9 Å². The number of ether oxygens (including phenoxy) is 2. The smallest absolute Gasteiger partial charge is 0.410 e. The van der Waals surface area contributed by atoms with Gasteiger partial charge in [-0.1, -0.05) is 0 Å². The van der Waals surface area contributed by atoms with Gasteiger partial charge in [-0.2, -0.15) is 0 Å². The zero-order valence-electron chi connectivity index (χ0n) is 16.5. The molecule has 1 amide bonds. The van der Waals surface area contributed by atoms with Gasteiger partial charge in [0.05, 0.1) is 5.60 Å². The molecule has 1 aromatic rings. The molecule has 3 rings (SSSR count). The summed E-state index contributed by atoms with van der Waals surface area (Å²) in [6.45, 7) is 6.49. The molecule has 3 atom stereocenters. The molecule has 0 aromatic carbocycles. The van der Waals surface area contributed by atoms with E-state index in [9.17, 15) is 9.59 Å². The second-order valence-corrected chi connectivity index (χ2v) is 9.53. The summed E-state index contributed by atoms with van der Waals surface area (Å²) in [5.41, 5.74) is -0.315. The Morgan fingerprint density at radius 1 is 1.36 bits per heavy atom. The summed E-state index contributed by atoms with van der Waals surface area (Å²) < 4.78 is 12.3. The Kier molecular flexibility index (Phi) is 6.00. The second kappa shape index (κ2) is 7.99. The van der Waals surface area contributed by atoms with Gasteiger partial charge in [0.15, 0.2) is 0 Å². The minimum Gasteiger partial charge on any atom is -0.480 e. The fourth-order valence-electron chi connectivity index (χ4n) is 4.31. The lowest BCUT2D eigenvalue weighted by molar-refractivity contribution is -0.156. The van der Waals surface area contributed by atoms with E-state index in [2.05, 4.69) is 20.9 Å². The summed E-state index contributed by atoms with van der Waals surface area (Å²) in [5, 5.41) is 9.17. The van der Waals surface area contributed by atoms with E-state index in [1.165, 1.54) is 0 Å². The highest BCUT2D eigenvalue weighted by molar-refractivity contribution is 9.10. The van der Waals surface area contributed by atoms with Crippen LogP contribution >= 0.6 is 15.9 Å². The van der Waals surface area contributed by atoms with E-state index in [4.69, 9.17) is 14.6 Å². The number of carbonyl (C=O) groups excluding carboxylic acids is 1. The number of carbonyl (C=O) groups is 2. The number of likely N-dealkylation sites (tertiary alicyclic amines) is 1. The number of amides is 1. The van der Waals surface area contributed by atoms with E-state index in [-0.39, 0.29) is 18.6 Å². The first kappa shape index (κ1) is 21.0. The Morgan fingerprint density at radius 3 is 2.71 bits per heavy atom. The number of pyridine rings is 1. The summed E-state index contributed by atoms with van der Waals surface area (Å²) in [6, 6.07) is 1.88. The summed E-state index contributed by atoms with van der Waals surface area (Å²) in [6.07, 6.45) is 5.33. The van der Waals surface area contributed by atoms with Crippen molar-refractivity contribution in [1.29, 1.82) is 0 Å². The van der Waals surface area contributed by atoms with Crippen LogP contribution in [-0.2, 0) is 19.9 Å². The van der Waals surface area contributed by atoms with Crippen LogP contribution in [0.1, 0.15) is 45.6 Å². The number of halogens is 1. The van der Waals surface area contributed by atoms with E-state index in [0.29, 0.717) is 31.8 Å². The maximum Gasteiger partial charge on any atom is 0.410 e. The molecule has 1 aliphatic heterocycles. The highest BCUT2D eigenvalue weighted by atomic mass is 79.9. The SMILES string of the molecule is CC(C)(C)OC(=O)N1CC2CCC(OCC(=O)O)(c3ccncc3Br)CC2C1. The van der Waals surface area contributed by atoms with Crippen LogP contribution in [0.2, 0.25) is 0 Å². The van der Waals surface area contributed by atoms with Crippen molar-refractivity contribution in [2.75, 3.05) is 19.7 Å². The molecule has 0 radical (unpaired) electrons.